The molecule has 4 rings (SSSR count). The first-order valence-electron chi connectivity index (χ1n) is 13.0. The molecule has 12 heteroatoms. The standard InChI is InChI=1S/C29H31F2N7O3/c1-5-19-16-20(6-7-21(19)29(39)34-12-15-40-18-38(2,3)4)36-27-28-35-17-23(37(28)13-11-33-27)22-8-9-24(41-14-10-32)26(31)25(22)30/h6-9,11,13,16-17H,5,12,14-15,18H2,1-4H3,(H-,33,34,36,39)/p+1. The number of aromatic nitrogens is 3. The second kappa shape index (κ2) is 12.7. The zero-order valence-corrected chi connectivity index (χ0v) is 23.4. The highest BCUT2D eigenvalue weighted by Gasteiger charge is 2.20. The van der Waals surface area contributed by atoms with Gasteiger partial charge in [-0.15, -0.1) is 0 Å². The van der Waals surface area contributed by atoms with Crippen molar-refractivity contribution in [2.24, 2.45) is 0 Å². The molecule has 2 aromatic heterocycles. The number of imidazole rings is 1. The number of amides is 1. The van der Waals surface area contributed by atoms with Crippen LogP contribution in [0, 0.1) is 23.0 Å². The van der Waals surface area contributed by atoms with Crippen LogP contribution in [0.15, 0.2) is 48.9 Å². The second-order valence-corrected chi connectivity index (χ2v) is 10.2. The van der Waals surface area contributed by atoms with Gasteiger partial charge in [0.05, 0.1) is 39.6 Å². The lowest BCUT2D eigenvalue weighted by atomic mass is 10.0. The van der Waals surface area contributed by atoms with Gasteiger partial charge >= 0.3 is 0 Å². The predicted molar refractivity (Wildman–Crippen MR) is 150 cm³/mol. The molecule has 2 N–H and O–H groups in total. The van der Waals surface area contributed by atoms with Gasteiger partial charge in [-0.2, -0.15) is 9.65 Å². The quantitative estimate of drug-likeness (QED) is 0.150. The van der Waals surface area contributed by atoms with Crippen molar-refractivity contribution in [3.63, 3.8) is 0 Å². The molecule has 4 aromatic rings. The molecule has 0 fully saturated rings. The third kappa shape index (κ3) is 6.95. The molecule has 0 aliphatic rings. The number of carbonyl (C=O) groups is 1. The number of halogens is 2. The summed E-state index contributed by atoms with van der Waals surface area (Å²) in [5.41, 5.74) is 2.76. The highest BCUT2D eigenvalue weighted by atomic mass is 19.2. The largest absolute Gasteiger partial charge is 0.476 e. The number of anilines is 2. The highest BCUT2D eigenvalue weighted by molar-refractivity contribution is 5.96. The van der Waals surface area contributed by atoms with E-state index in [1.165, 1.54) is 24.5 Å². The maximum atomic E-state index is 14.9. The Kier molecular flexibility index (Phi) is 9.11. The lowest BCUT2D eigenvalue weighted by Gasteiger charge is -2.23. The number of nitrogens with one attached hydrogen (secondary N) is 2. The van der Waals surface area contributed by atoms with Crippen LogP contribution >= 0.6 is 0 Å². The number of hydrogen-bond donors (Lipinski definition) is 2. The Morgan fingerprint density at radius 3 is 2.68 bits per heavy atom. The molecule has 2 aromatic carbocycles. The van der Waals surface area contributed by atoms with Crippen molar-refractivity contribution in [3.05, 3.63) is 71.7 Å². The van der Waals surface area contributed by atoms with E-state index in [1.54, 1.807) is 28.8 Å². The fourth-order valence-electron chi connectivity index (χ4n) is 4.15. The average molecular weight is 565 g/mol. The van der Waals surface area contributed by atoms with E-state index < -0.39 is 18.2 Å². The minimum absolute atomic E-state index is 0.0250. The smallest absolute Gasteiger partial charge is 0.251 e. The molecule has 0 bridgehead atoms. The molecule has 0 saturated heterocycles. The van der Waals surface area contributed by atoms with Crippen LogP contribution in [-0.2, 0) is 11.2 Å². The molecular formula is C29H32F2N7O3+. The van der Waals surface area contributed by atoms with Crippen LogP contribution in [0.1, 0.15) is 22.8 Å². The third-order valence-electron chi connectivity index (χ3n) is 6.05. The number of hydrogen-bond acceptors (Lipinski definition) is 7. The van der Waals surface area contributed by atoms with Gasteiger partial charge < -0.3 is 24.6 Å². The SMILES string of the molecule is CCc1cc(Nc2nccn3c(-c4ccc(OCC#N)c(F)c4F)cnc23)ccc1C(=O)NCCOC[N+](C)(C)C. The molecule has 0 saturated carbocycles. The molecule has 0 aliphatic heterocycles. The van der Waals surface area contributed by atoms with Gasteiger partial charge in [0.2, 0.25) is 5.82 Å². The first-order chi connectivity index (χ1) is 19.6. The average Bonchev–Trinajstić information content (AvgIpc) is 3.38. The molecule has 0 radical (unpaired) electrons. The van der Waals surface area contributed by atoms with Crippen LogP contribution in [0.4, 0.5) is 20.3 Å². The second-order valence-electron chi connectivity index (χ2n) is 10.2. The van der Waals surface area contributed by atoms with E-state index in [0.29, 0.717) is 59.2 Å². The fourth-order valence-corrected chi connectivity index (χ4v) is 4.15. The number of aryl methyl sites for hydroxylation is 1. The van der Waals surface area contributed by atoms with E-state index in [2.05, 4.69) is 20.6 Å². The summed E-state index contributed by atoms with van der Waals surface area (Å²) in [6.07, 6.45) is 5.16. The van der Waals surface area contributed by atoms with Gasteiger partial charge in [0.15, 0.2) is 36.4 Å². The van der Waals surface area contributed by atoms with E-state index in [-0.39, 0.29) is 17.2 Å². The van der Waals surface area contributed by atoms with Gasteiger partial charge in [0, 0.05) is 35.8 Å². The van der Waals surface area contributed by atoms with Crippen LogP contribution in [0.5, 0.6) is 5.75 Å². The van der Waals surface area contributed by atoms with E-state index in [0.717, 1.165) is 5.56 Å². The van der Waals surface area contributed by atoms with Gasteiger partial charge in [-0.3, -0.25) is 9.20 Å². The Balaban J connectivity index is 1.52. The predicted octanol–water partition coefficient (Wildman–Crippen LogP) is 4.29. The van der Waals surface area contributed by atoms with E-state index in [9.17, 15) is 13.6 Å². The molecule has 2 heterocycles. The van der Waals surface area contributed by atoms with Gasteiger partial charge in [-0.25, -0.2) is 14.4 Å². The van der Waals surface area contributed by atoms with Crippen molar-refractivity contribution in [1.29, 1.82) is 5.26 Å². The van der Waals surface area contributed by atoms with Gasteiger partial charge in [-0.1, -0.05) is 6.92 Å². The number of nitriles is 1. The van der Waals surface area contributed by atoms with Crippen LogP contribution in [-0.4, -0.2) is 72.4 Å². The summed E-state index contributed by atoms with van der Waals surface area (Å²) in [5, 5.41) is 14.8. The summed E-state index contributed by atoms with van der Waals surface area (Å²) in [5.74, 6) is -2.44. The summed E-state index contributed by atoms with van der Waals surface area (Å²) < 4.78 is 42.3. The van der Waals surface area contributed by atoms with Gasteiger partial charge in [-0.05, 0) is 42.3 Å². The summed E-state index contributed by atoms with van der Waals surface area (Å²) in [6, 6.07) is 9.75. The van der Waals surface area contributed by atoms with Crippen LogP contribution in [0.3, 0.4) is 0 Å². The number of fused-ring (bicyclic) bond motifs is 1. The Bertz CT molecular complexity index is 1590. The maximum absolute atomic E-state index is 14.9. The molecule has 0 unspecified atom stereocenters. The van der Waals surface area contributed by atoms with Crippen molar-refractivity contribution in [3.8, 4) is 23.1 Å². The van der Waals surface area contributed by atoms with Crippen LogP contribution < -0.4 is 15.4 Å². The van der Waals surface area contributed by atoms with Crippen LogP contribution in [0.2, 0.25) is 0 Å². The third-order valence-corrected chi connectivity index (χ3v) is 6.05. The number of carbonyl (C=O) groups excluding carboxylic acids is 1. The van der Waals surface area contributed by atoms with Crippen molar-refractivity contribution in [2.45, 2.75) is 13.3 Å². The summed E-state index contributed by atoms with van der Waals surface area (Å²) in [6.45, 7) is 2.93. The van der Waals surface area contributed by atoms with Gasteiger partial charge in [0.25, 0.3) is 5.91 Å². The lowest BCUT2D eigenvalue weighted by Crippen LogP contribution is -2.38. The van der Waals surface area contributed by atoms with E-state index in [1.807, 2.05) is 34.1 Å². The summed E-state index contributed by atoms with van der Waals surface area (Å²) in [7, 11) is 6.08. The first kappa shape index (κ1) is 29.4. The molecule has 214 valence electrons. The van der Waals surface area contributed by atoms with Crippen molar-refractivity contribution in [1.82, 2.24) is 19.7 Å². The van der Waals surface area contributed by atoms with E-state index >= 15 is 0 Å². The maximum Gasteiger partial charge on any atom is 0.251 e. The minimum atomic E-state index is -1.19. The molecule has 0 atom stereocenters. The fraction of sp³-hybridized carbons (Fsp3) is 0.310. The zero-order chi connectivity index (χ0) is 29.6. The Morgan fingerprint density at radius 2 is 1.95 bits per heavy atom. The number of nitrogens with zero attached hydrogens (tertiary/aromatic N) is 5. The van der Waals surface area contributed by atoms with Gasteiger partial charge in [0.1, 0.15) is 6.07 Å². The molecule has 41 heavy (non-hydrogen) atoms. The Morgan fingerprint density at radius 1 is 1.15 bits per heavy atom. The van der Waals surface area contributed by atoms with E-state index in [4.69, 9.17) is 14.7 Å². The topological polar surface area (TPSA) is 114 Å². The number of benzene rings is 2. The van der Waals surface area contributed by atoms with Crippen molar-refractivity contribution >= 4 is 23.1 Å². The summed E-state index contributed by atoms with van der Waals surface area (Å²) in [4.78, 5) is 21.6. The first-order valence-corrected chi connectivity index (χ1v) is 13.0. The highest BCUT2D eigenvalue weighted by Crippen LogP contribution is 2.32. The minimum Gasteiger partial charge on any atom is -0.476 e. The number of quaternary nitrogens is 1. The van der Waals surface area contributed by atoms with Crippen molar-refractivity contribution in [2.75, 3.05) is 52.9 Å². The Labute approximate surface area is 236 Å². The van der Waals surface area contributed by atoms with Crippen molar-refractivity contribution < 1.29 is 27.5 Å². The molecular weight excluding hydrogens is 532 g/mol. The molecule has 1 amide bonds. The lowest BCUT2D eigenvalue weighted by molar-refractivity contribution is -0.890. The monoisotopic (exact) mass is 564 g/mol. The molecule has 10 nitrogen and oxygen atoms in total. The van der Waals surface area contributed by atoms with Crippen LogP contribution in [0.25, 0.3) is 16.9 Å². The molecule has 0 spiro atoms. The molecule has 0 aliphatic carbocycles. The summed E-state index contributed by atoms with van der Waals surface area (Å²) >= 11 is 0. The Hall–Kier alpha value is -4.60. The normalized spacial score (nSPS) is 11.3. The zero-order valence-electron chi connectivity index (χ0n) is 23.4. The number of rotatable bonds is 12. The number of ether oxygens (including phenoxy) is 2.